The van der Waals surface area contributed by atoms with Crippen molar-refractivity contribution in [1.82, 2.24) is 10.3 Å². The second-order valence-corrected chi connectivity index (χ2v) is 7.78. The number of anilines is 2. The summed E-state index contributed by atoms with van der Waals surface area (Å²) in [5.74, 6) is 0.118. The van der Waals surface area contributed by atoms with Crippen molar-refractivity contribution in [2.75, 3.05) is 10.6 Å². The third-order valence-corrected chi connectivity index (χ3v) is 5.50. The Bertz CT molecular complexity index is 1010. The van der Waals surface area contributed by atoms with Crippen LogP contribution in [-0.4, -0.2) is 40.0 Å². The summed E-state index contributed by atoms with van der Waals surface area (Å²) in [6, 6.07) is 4.57. The van der Waals surface area contributed by atoms with Gasteiger partial charge in [-0.15, -0.1) is 0 Å². The quantitative estimate of drug-likeness (QED) is 0.562. The second kappa shape index (κ2) is 6.07. The van der Waals surface area contributed by atoms with Crippen LogP contribution in [0.15, 0.2) is 23.2 Å². The van der Waals surface area contributed by atoms with Gasteiger partial charge in [0.1, 0.15) is 11.7 Å². The van der Waals surface area contributed by atoms with Gasteiger partial charge in [0, 0.05) is 0 Å². The highest BCUT2D eigenvalue weighted by atomic mass is 19.1. The van der Waals surface area contributed by atoms with Crippen molar-refractivity contribution in [3.05, 3.63) is 35.3 Å². The van der Waals surface area contributed by atoms with E-state index in [1.165, 1.54) is 6.07 Å². The first-order chi connectivity index (χ1) is 13.4. The molecule has 2 aromatic rings. The highest BCUT2D eigenvalue weighted by Crippen LogP contribution is 2.41. The van der Waals surface area contributed by atoms with Crippen LogP contribution in [0.5, 0.6) is 0 Å². The van der Waals surface area contributed by atoms with Crippen molar-refractivity contribution >= 4 is 23.1 Å². The van der Waals surface area contributed by atoms with Crippen molar-refractivity contribution in [3.8, 4) is 11.3 Å². The number of rotatable bonds is 3. The van der Waals surface area contributed by atoms with Gasteiger partial charge in [-0.2, -0.15) is 0 Å². The molecule has 3 unspecified atom stereocenters. The molecule has 1 fully saturated rings. The Balaban J connectivity index is 1.61. The Labute approximate surface area is 161 Å². The first kappa shape index (κ1) is 17.2. The fourth-order valence-corrected chi connectivity index (χ4v) is 3.86. The molecule has 1 amide bonds. The minimum Gasteiger partial charge on any atom is -0.391 e. The molecule has 0 spiro atoms. The zero-order valence-electron chi connectivity index (χ0n) is 15.6. The molecular formula is C20H22FN5O2. The van der Waals surface area contributed by atoms with E-state index in [9.17, 15) is 14.3 Å². The average molecular weight is 383 g/mol. The van der Waals surface area contributed by atoms with Gasteiger partial charge in [-0.3, -0.25) is 9.79 Å². The Morgan fingerprint density at radius 2 is 2.07 bits per heavy atom. The van der Waals surface area contributed by atoms with Crippen molar-refractivity contribution in [2.45, 2.75) is 50.9 Å². The van der Waals surface area contributed by atoms with Crippen LogP contribution in [0.2, 0.25) is 0 Å². The lowest BCUT2D eigenvalue weighted by atomic mass is 10.0. The maximum atomic E-state index is 14.9. The second-order valence-electron chi connectivity index (χ2n) is 7.78. The van der Waals surface area contributed by atoms with Crippen molar-refractivity contribution < 1.29 is 14.3 Å². The molecule has 0 radical (unpaired) electrons. The molecule has 3 atom stereocenters. The predicted molar refractivity (Wildman–Crippen MR) is 105 cm³/mol. The standard InChI is InChI=1S/C20H22FN5O2/c1-8-19(23-10-3-4-10)25-18-13(22-8)6-5-12(21)15(18)14-7-11-17(24-14)16(9(2)27)26-20(11)28/h5-10,16,22,24,27H,3-4H2,1-2H3,(H,23,25)(H,26,28). The summed E-state index contributed by atoms with van der Waals surface area (Å²) in [4.78, 5) is 20.1. The Hall–Kier alpha value is -2.87. The van der Waals surface area contributed by atoms with E-state index >= 15 is 0 Å². The molecule has 2 aliphatic heterocycles. The number of amides is 1. The third kappa shape index (κ3) is 2.67. The van der Waals surface area contributed by atoms with Crippen LogP contribution in [0, 0.1) is 5.82 Å². The number of amidine groups is 1. The molecule has 28 heavy (non-hydrogen) atoms. The summed E-state index contributed by atoms with van der Waals surface area (Å²) >= 11 is 0. The normalized spacial score (nSPS) is 25.6. The Morgan fingerprint density at radius 1 is 1.29 bits per heavy atom. The SMILES string of the molecule is CC1Nc2ccc(F)c(-c3cc4c([nH]3)C(C(C)O)NC4=O)c2NC1=NC1CC1. The summed E-state index contributed by atoms with van der Waals surface area (Å²) < 4.78 is 14.9. The van der Waals surface area contributed by atoms with Gasteiger partial charge in [0.15, 0.2) is 0 Å². The van der Waals surface area contributed by atoms with E-state index in [-0.39, 0.29) is 11.9 Å². The molecule has 1 aromatic carbocycles. The number of aliphatic hydroxyl groups excluding tert-OH is 1. The number of H-pyrrole nitrogens is 1. The number of aliphatic imine (C=N–C) groups is 1. The van der Waals surface area contributed by atoms with Crippen molar-refractivity contribution in [2.24, 2.45) is 4.99 Å². The fourth-order valence-electron chi connectivity index (χ4n) is 3.86. The van der Waals surface area contributed by atoms with Gasteiger partial charge in [0.25, 0.3) is 5.91 Å². The van der Waals surface area contributed by atoms with Gasteiger partial charge < -0.3 is 26.0 Å². The van der Waals surface area contributed by atoms with Crippen LogP contribution < -0.4 is 16.0 Å². The maximum absolute atomic E-state index is 14.9. The summed E-state index contributed by atoms with van der Waals surface area (Å²) in [6.07, 6.45) is 1.41. The van der Waals surface area contributed by atoms with E-state index in [1.807, 2.05) is 6.92 Å². The molecule has 3 aliphatic rings. The van der Waals surface area contributed by atoms with E-state index < -0.39 is 18.0 Å². The smallest absolute Gasteiger partial charge is 0.253 e. The number of aliphatic hydroxyl groups is 1. The Kier molecular flexibility index (Phi) is 3.74. The Morgan fingerprint density at radius 3 is 2.79 bits per heavy atom. The van der Waals surface area contributed by atoms with Crippen LogP contribution >= 0.6 is 0 Å². The minimum atomic E-state index is -0.760. The molecule has 5 rings (SSSR count). The van der Waals surface area contributed by atoms with E-state index in [0.717, 1.165) is 24.4 Å². The highest BCUT2D eigenvalue weighted by molar-refractivity contribution is 6.10. The summed E-state index contributed by atoms with van der Waals surface area (Å²) in [5.41, 5.74) is 3.25. The summed E-state index contributed by atoms with van der Waals surface area (Å²) in [6.45, 7) is 3.62. The molecule has 3 heterocycles. The largest absolute Gasteiger partial charge is 0.391 e. The lowest BCUT2D eigenvalue weighted by Gasteiger charge is -2.29. The molecule has 146 valence electrons. The van der Waals surface area contributed by atoms with Crippen LogP contribution in [0.25, 0.3) is 11.3 Å². The zero-order chi connectivity index (χ0) is 19.6. The monoisotopic (exact) mass is 383 g/mol. The zero-order valence-corrected chi connectivity index (χ0v) is 15.6. The number of hydrogen-bond acceptors (Lipinski definition) is 4. The van der Waals surface area contributed by atoms with E-state index in [2.05, 4.69) is 20.9 Å². The number of carbonyl (C=O) groups is 1. The summed E-state index contributed by atoms with van der Waals surface area (Å²) in [7, 11) is 0. The molecule has 1 aliphatic carbocycles. The van der Waals surface area contributed by atoms with E-state index in [1.54, 1.807) is 19.1 Å². The maximum Gasteiger partial charge on any atom is 0.253 e. The van der Waals surface area contributed by atoms with E-state index in [4.69, 9.17) is 4.99 Å². The molecule has 8 heteroatoms. The van der Waals surface area contributed by atoms with Gasteiger partial charge in [0.05, 0.1) is 58.1 Å². The number of halogens is 1. The van der Waals surface area contributed by atoms with Crippen molar-refractivity contribution in [3.63, 3.8) is 0 Å². The van der Waals surface area contributed by atoms with Gasteiger partial charge in [-0.05, 0) is 44.9 Å². The number of benzene rings is 1. The van der Waals surface area contributed by atoms with Gasteiger partial charge >= 0.3 is 0 Å². The number of hydrogen-bond donors (Lipinski definition) is 5. The van der Waals surface area contributed by atoms with Crippen LogP contribution in [-0.2, 0) is 0 Å². The lowest BCUT2D eigenvalue weighted by molar-refractivity contribution is 0.0899. The van der Waals surface area contributed by atoms with E-state index in [0.29, 0.717) is 34.2 Å². The topological polar surface area (TPSA) is 102 Å². The van der Waals surface area contributed by atoms with Crippen LogP contribution in [0.3, 0.4) is 0 Å². The van der Waals surface area contributed by atoms with Gasteiger partial charge in [-0.25, -0.2) is 4.39 Å². The molecule has 5 N–H and O–H groups in total. The molecule has 1 aromatic heterocycles. The predicted octanol–water partition coefficient (Wildman–Crippen LogP) is 2.77. The summed E-state index contributed by atoms with van der Waals surface area (Å²) in [5, 5.41) is 19.4. The first-order valence-corrected chi connectivity index (χ1v) is 9.58. The molecule has 1 saturated carbocycles. The number of aromatic nitrogens is 1. The van der Waals surface area contributed by atoms with Crippen molar-refractivity contribution in [1.29, 1.82) is 0 Å². The highest BCUT2D eigenvalue weighted by Gasteiger charge is 2.35. The molecule has 0 saturated heterocycles. The third-order valence-electron chi connectivity index (χ3n) is 5.50. The number of aromatic amines is 1. The van der Waals surface area contributed by atoms with Crippen LogP contribution in [0.4, 0.5) is 15.8 Å². The van der Waals surface area contributed by atoms with Crippen LogP contribution in [0.1, 0.15) is 48.8 Å². The fraction of sp³-hybridized carbons (Fsp3) is 0.400. The average Bonchev–Trinajstić information content (AvgIpc) is 3.27. The minimum absolute atomic E-state index is 0.00505. The van der Waals surface area contributed by atoms with Gasteiger partial charge in [0.2, 0.25) is 0 Å². The molecular weight excluding hydrogens is 361 g/mol. The number of nitrogens with zero attached hydrogens (tertiary/aromatic N) is 1. The molecule has 0 bridgehead atoms. The number of fused-ring (bicyclic) bond motifs is 2. The van der Waals surface area contributed by atoms with Gasteiger partial charge in [-0.1, -0.05) is 0 Å². The molecule has 7 nitrogen and oxygen atoms in total. The number of nitrogens with one attached hydrogen (secondary N) is 4. The lowest BCUT2D eigenvalue weighted by Crippen LogP contribution is -2.37. The number of carbonyl (C=O) groups excluding carboxylic acids is 1. The first-order valence-electron chi connectivity index (χ1n) is 9.58.